The summed E-state index contributed by atoms with van der Waals surface area (Å²) in [5.74, 6) is -0.386. The summed E-state index contributed by atoms with van der Waals surface area (Å²) in [6, 6.07) is 0. The highest BCUT2D eigenvalue weighted by atomic mass is 79.9. The lowest BCUT2D eigenvalue weighted by molar-refractivity contribution is -0.552. The molecule has 0 spiro atoms. The summed E-state index contributed by atoms with van der Waals surface area (Å²) in [5.41, 5.74) is 0. The van der Waals surface area contributed by atoms with Crippen molar-refractivity contribution in [2.24, 2.45) is 0 Å². The van der Waals surface area contributed by atoms with Gasteiger partial charge >= 0.3 is 0 Å². The van der Waals surface area contributed by atoms with Gasteiger partial charge in [0.05, 0.1) is 0 Å². The van der Waals surface area contributed by atoms with Gasteiger partial charge in [-0.25, -0.2) is 0 Å². The van der Waals surface area contributed by atoms with Crippen LogP contribution < -0.4 is 0 Å². The van der Waals surface area contributed by atoms with Crippen molar-refractivity contribution >= 4 is 43.4 Å². The number of hydrogen-bond acceptors (Lipinski definition) is 6. The predicted octanol–water partition coefficient (Wildman–Crippen LogP) is 3.24. The van der Waals surface area contributed by atoms with Crippen LogP contribution in [0, 0.1) is 20.2 Å². The average molecular weight is 446 g/mol. The van der Waals surface area contributed by atoms with Gasteiger partial charge in [-0.3, -0.25) is 20.2 Å². The minimum absolute atomic E-state index is 0.00737. The highest BCUT2D eigenvalue weighted by Gasteiger charge is 2.47. The van der Waals surface area contributed by atoms with E-state index in [0.29, 0.717) is 0 Å². The van der Waals surface area contributed by atoms with E-state index >= 15 is 0 Å². The lowest BCUT2D eigenvalue weighted by Gasteiger charge is -2.23. The molecule has 0 aliphatic heterocycles. The number of nitro groups is 2. The Labute approximate surface area is 144 Å². The first-order valence-electron chi connectivity index (χ1n) is 6.59. The maximum absolute atomic E-state index is 11.2. The summed E-state index contributed by atoms with van der Waals surface area (Å²) in [7, 11) is 0. The molecule has 0 amide bonds. The molecule has 22 heavy (non-hydrogen) atoms. The van der Waals surface area contributed by atoms with Crippen LogP contribution in [0.1, 0.15) is 52.4 Å². The van der Waals surface area contributed by atoms with E-state index in [0.717, 1.165) is 0 Å². The summed E-state index contributed by atoms with van der Waals surface area (Å²) < 4.78 is -3.19. The summed E-state index contributed by atoms with van der Waals surface area (Å²) in [6.45, 7) is 2.65. The van der Waals surface area contributed by atoms with Gasteiger partial charge in [-0.15, -0.1) is 0 Å². The summed E-state index contributed by atoms with van der Waals surface area (Å²) in [4.78, 5) is 43.2. The van der Waals surface area contributed by atoms with Crippen molar-refractivity contribution < 1.29 is 19.4 Å². The maximum atomic E-state index is 11.2. The molecule has 2 atom stereocenters. The van der Waals surface area contributed by atoms with E-state index in [-0.39, 0.29) is 50.1 Å². The Kier molecular flexibility index (Phi) is 8.30. The quantitative estimate of drug-likeness (QED) is 0.208. The van der Waals surface area contributed by atoms with Crippen LogP contribution in [0.2, 0.25) is 0 Å². The number of carbonyl (C=O) groups excluding carboxylic acids is 2. The molecule has 10 heteroatoms. The second-order valence-electron chi connectivity index (χ2n) is 5.25. The van der Waals surface area contributed by atoms with Crippen molar-refractivity contribution in [2.45, 2.75) is 61.3 Å². The molecule has 0 radical (unpaired) electrons. The molecule has 0 aliphatic carbocycles. The zero-order valence-corrected chi connectivity index (χ0v) is 15.5. The van der Waals surface area contributed by atoms with Gasteiger partial charge in [0.25, 0.3) is 8.90 Å². The summed E-state index contributed by atoms with van der Waals surface area (Å²) in [5, 5.41) is 22.4. The minimum atomic E-state index is -1.59. The van der Waals surface area contributed by atoms with Crippen molar-refractivity contribution in [3.05, 3.63) is 20.2 Å². The molecule has 0 unspecified atom stereocenters. The lowest BCUT2D eigenvalue weighted by Crippen LogP contribution is -2.38. The molecule has 0 saturated heterocycles. The number of hydrogen-bond donors (Lipinski definition) is 0. The van der Waals surface area contributed by atoms with Crippen molar-refractivity contribution in [1.29, 1.82) is 0 Å². The minimum Gasteiger partial charge on any atom is -0.300 e. The van der Waals surface area contributed by atoms with Gasteiger partial charge in [0, 0.05) is 80.2 Å². The first kappa shape index (κ1) is 21.1. The zero-order chi connectivity index (χ0) is 17.6. The summed E-state index contributed by atoms with van der Waals surface area (Å²) >= 11 is 6.00. The molecule has 8 nitrogen and oxygen atoms in total. The van der Waals surface area contributed by atoms with Gasteiger partial charge < -0.3 is 9.59 Å². The van der Waals surface area contributed by atoms with E-state index in [1.165, 1.54) is 13.8 Å². The molecule has 0 bridgehead atoms. The smallest absolute Gasteiger partial charge is 0.275 e. The number of carbonyl (C=O) groups is 2. The first-order valence-corrected chi connectivity index (χ1v) is 8.17. The number of Topliss-reactive ketones (excluding diaryl/α,β-unsaturated/α-hetero) is 2. The van der Waals surface area contributed by atoms with E-state index in [1.54, 1.807) is 0 Å². The molecule has 126 valence electrons. The second-order valence-corrected chi connectivity index (χ2v) is 8.21. The van der Waals surface area contributed by atoms with Crippen molar-refractivity contribution in [3.63, 3.8) is 0 Å². The number of ketones is 2. The number of halogens is 2. The Morgan fingerprint density at radius 2 is 1.09 bits per heavy atom. The van der Waals surface area contributed by atoms with Crippen molar-refractivity contribution in [2.75, 3.05) is 0 Å². The zero-order valence-electron chi connectivity index (χ0n) is 12.3. The van der Waals surface area contributed by atoms with E-state index in [2.05, 4.69) is 31.9 Å². The molecule has 0 aromatic rings. The third-order valence-electron chi connectivity index (χ3n) is 3.27. The topological polar surface area (TPSA) is 120 Å². The van der Waals surface area contributed by atoms with Gasteiger partial charge in [0.15, 0.2) is 0 Å². The normalized spacial score (nSPS) is 16.4. The largest absolute Gasteiger partial charge is 0.300 e. The SMILES string of the molecule is CC(=O)CC[C@@](Br)(CC[C@](Br)(CCC(C)=O)[N+](=O)[O-])[N+](=O)[O-]. The fraction of sp³-hybridized carbons (Fsp3) is 0.833. The first-order chi connectivity index (χ1) is 9.93. The van der Waals surface area contributed by atoms with Crippen LogP contribution in [0.15, 0.2) is 0 Å². The summed E-state index contributed by atoms with van der Waals surface area (Å²) in [6.07, 6.45) is -0.374. The Bertz CT molecular complexity index is 431. The molecule has 0 aliphatic rings. The third kappa shape index (κ3) is 6.91. The van der Waals surface area contributed by atoms with Crippen LogP contribution in [0.4, 0.5) is 0 Å². The van der Waals surface area contributed by atoms with Gasteiger partial charge in [0.1, 0.15) is 11.6 Å². The average Bonchev–Trinajstić information content (AvgIpc) is 2.40. The van der Waals surface area contributed by atoms with Crippen molar-refractivity contribution in [1.82, 2.24) is 0 Å². The van der Waals surface area contributed by atoms with E-state index in [9.17, 15) is 29.8 Å². The van der Waals surface area contributed by atoms with E-state index < -0.39 is 18.7 Å². The van der Waals surface area contributed by atoms with E-state index in [1.807, 2.05) is 0 Å². The molecular formula is C12H18Br2N2O6. The molecular weight excluding hydrogens is 428 g/mol. The molecule has 0 rings (SSSR count). The molecule has 0 N–H and O–H groups in total. The predicted molar refractivity (Wildman–Crippen MR) is 86.4 cm³/mol. The number of alkyl halides is 2. The molecule has 0 aromatic heterocycles. The fourth-order valence-electron chi connectivity index (χ4n) is 1.73. The van der Waals surface area contributed by atoms with E-state index in [4.69, 9.17) is 0 Å². The lowest BCUT2D eigenvalue weighted by atomic mass is 9.98. The Morgan fingerprint density at radius 3 is 1.27 bits per heavy atom. The molecule has 0 aromatic carbocycles. The Morgan fingerprint density at radius 1 is 0.818 bits per heavy atom. The monoisotopic (exact) mass is 444 g/mol. The van der Waals surface area contributed by atoms with Crippen LogP contribution in [0.25, 0.3) is 0 Å². The van der Waals surface area contributed by atoms with Crippen molar-refractivity contribution in [3.8, 4) is 0 Å². The van der Waals surface area contributed by atoms with Gasteiger partial charge in [0.2, 0.25) is 0 Å². The maximum Gasteiger partial charge on any atom is 0.275 e. The van der Waals surface area contributed by atoms with Crippen LogP contribution in [0.3, 0.4) is 0 Å². The molecule has 0 fully saturated rings. The van der Waals surface area contributed by atoms with Gasteiger partial charge in [-0.1, -0.05) is 0 Å². The van der Waals surface area contributed by atoms with Gasteiger partial charge in [-0.2, -0.15) is 0 Å². The number of nitrogens with zero attached hydrogens (tertiary/aromatic N) is 2. The van der Waals surface area contributed by atoms with Crippen LogP contribution >= 0.6 is 31.9 Å². The standard InChI is InChI=1S/C12H18Br2N2O6/c1-9(17)3-5-11(13,15(19)20)7-8-12(14,16(21)22)6-4-10(2)18/h3-8H2,1-2H3/t11-,12-/m0/s1. The molecule has 0 heterocycles. The highest BCUT2D eigenvalue weighted by molar-refractivity contribution is 9.10. The van der Waals surface area contributed by atoms with Crippen LogP contribution in [-0.4, -0.2) is 30.3 Å². The third-order valence-corrected chi connectivity index (χ3v) is 5.43. The fourth-order valence-corrected chi connectivity index (χ4v) is 2.53. The second kappa shape index (κ2) is 8.66. The number of rotatable bonds is 11. The van der Waals surface area contributed by atoms with Crippen LogP contribution in [0.5, 0.6) is 0 Å². The van der Waals surface area contributed by atoms with Crippen LogP contribution in [-0.2, 0) is 9.59 Å². The Balaban J connectivity index is 4.97. The highest BCUT2D eigenvalue weighted by Crippen LogP contribution is 2.38. The molecule has 0 saturated carbocycles. The Hall–Kier alpha value is -0.900. The van der Waals surface area contributed by atoms with Gasteiger partial charge in [-0.05, 0) is 13.8 Å².